The van der Waals surface area contributed by atoms with Gasteiger partial charge in [-0.2, -0.15) is 0 Å². The van der Waals surface area contributed by atoms with Gasteiger partial charge in [-0.3, -0.25) is 0 Å². The third-order valence-electron chi connectivity index (χ3n) is 3.01. The maximum atomic E-state index is 5.30. The number of rotatable bonds is 5. The first-order valence-corrected chi connectivity index (χ1v) is 8.17. The van der Waals surface area contributed by atoms with Crippen molar-refractivity contribution >= 4 is 46.0 Å². The van der Waals surface area contributed by atoms with Crippen LogP contribution in [-0.4, -0.2) is 22.8 Å². The molecule has 6 heteroatoms. The Bertz CT molecular complexity index is 632. The molecule has 0 bridgehead atoms. The maximum absolute atomic E-state index is 5.30. The summed E-state index contributed by atoms with van der Waals surface area (Å²) in [5.74, 6) is 0. The van der Waals surface area contributed by atoms with Crippen molar-refractivity contribution in [3.8, 4) is 0 Å². The van der Waals surface area contributed by atoms with Crippen LogP contribution in [0.15, 0.2) is 60.7 Å². The second-order valence-electron chi connectivity index (χ2n) is 5.07. The van der Waals surface area contributed by atoms with Gasteiger partial charge in [-0.15, -0.1) is 0 Å². The van der Waals surface area contributed by atoms with E-state index in [1.807, 2.05) is 67.6 Å². The third-order valence-corrected chi connectivity index (χ3v) is 3.48. The number of thiocarbonyl (C=S) groups is 2. The summed E-state index contributed by atoms with van der Waals surface area (Å²) in [5, 5.41) is 13.8. The Balaban J connectivity index is 1.69. The summed E-state index contributed by atoms with van der Waals surface area (Å²) in [4.78, 5) is 0. The van der Waals surface area contributed by atoms with E-state index >= 15 is 0 Å². The Labute approximate surface area is 147 Å². The summed E-state index contributed by atoms with van der Waals surface area (Å²) in [6.45, 7) is 2.70. The smallest absolute Gasteiger partial charge is 0.171 e. The fourth-order valence-corrected chi connectivity index (χ4v) is 2.43. The maximum Gasteiger partial charge on any atom is 0.171 e. The Morgan fingerprint density at radius 2 is 1.30 bits per heavy atom. The van der Waals surface area contributed by atoms with Gasteiger partial charge in [0, 0.05) is 24.0 Å². The lowest BCUT2D eigenvalue weighted by atomic mass is 10.3. The van der Waals surface area contributed by atoms with Crippen LogP contribution in [0.5, 0.6) is 0 Å². The van der Waals surface area contributed by atoms with Gasteiger partial charge >= 0.3 is 0 Å². The SMILES string of the molecule is CC(CNC(=S)Nc1ccccc1)NC(=S)Nc1ccccc1. The first-order valence-electron chi connectivity index (χ1n) is 7.36. The van der Waals surface area contributed by atoms with Gasteiger partial charge in [0.25, 0.3) is 0 Å². The molecule has 1 unspecified atom stereocenters. The highest BCUT2D eigenvalue weighted by Crippen LogP contribution is 2.05. The van der Waals surface area contributed by atoms with Crippen LogP contribution in [0.4, 0.5) is 11.4 Å². The normalized spacial score (nSPS) is 11.2. The predicted molar refractivity (Wildman–Crippen MR) is 106 cm³/mol. The molecule has 0 saturated carbocycles. The van der Waals surface area contributed by atoms with Crippen LogP contribution < -0.4 is 21.3 Å². The van der Waals surface area contributed by atoms with Gasteiger partial charge in [-0.05, 0) is 55.6 Å². The predicted octanol–water partition coefficient (Wildman–Crippen LogP) is 3.35. The zero-order chi connectivity index (χ0) is 16.5. The highest BCUT2D eigenvalue weighted by molar-refractivity contribution is 7.80. The van der Waals surface area contributed by atoms with Crippen LogP contribution in [0.2, 0.25) is 0 Å². The van der Waals surface area contributed by atoms with Gasteiger partial charge in [0.05, 0.1) is 0 Å². The van der Waals surface area contributed by atoms with Crippen molar-refractivity contribution in [3.63, 3.8) is 0 Å². The van der Waals surface area contributed by atoms with Crippen LogP contribution in [0, 0.1) is 0 Å². The van der Waals surface area contributed by atoms with Gasteiger partial charge in [0.15, 0.2) is 10.2 Å². The van der Waals surface area contributed by atoms with Crippen LogP contribution in [0.25, 0.3) is 0 Å². The van der Waals surface area contributed by atoms with Crippen LogP contribution in [0.3, 0.4) is 0 Å². The van der Waals surface area contributed by atoms with Gasteiger partial charge in [-0.1, -0.05) is 36.4 Å². The summed E-state index contributed by atoms with van der Waals surface area (Å²) in [6.07, 6.45) is 0. The standard InChI is InChI=1S/C17H20N4S2/c1-13(19-17(23)21-15-10-6-3-7-11-15)12-18-16(22)20-14-8-4-2-5-9-14/h2-11,13H,12H2,1H3,(H2,18,20,22)(H2,19,21,23). The molecule has 0 heterocycles. The summed E-state index contributed by atoms with van der Waals surface area (Å²) in [6, 6.07) is 19.8. The van der Waals surface area contributed by atoms with Crippen molar-refractivity contribution in [2.45, 2.75) is 13.0 Å². The monoisotopic (exact) mass is 344 g/mol. The fourth-order valence-electron chi connectivity index (χ4n) is 1.91. The molecular weight excluding hydrogens is 324 g/mol. The van der Waals surface area contributed by atoms with E-state index in [2.05, 4.69) is 21.3 Å². The molecule has 4 nitrogen and oxygen atoms in total. The summed E-state index contributed by atoms with van der Waals surface area (Å²) in [7, 11) is 0. The van der Waals surface area contributed by atoms with E-state index in [-0.39, 0.29) is 6.04 Å². The highest BCUT2D eigenvalue weighted by atomic mass is 32.1. The molecule has 0 aliphatic rings. The molecule has 0 aliphatic carbocycles. The number of benzene rings is 2. The van der Waals surface area contributed by atoms with Gasteiger partial charge in [0.1, 0.15) is 0 Å². The molecule has 0 spiro atoms. The van der Waals surface area contributed by atoms with Crippen molar-refractivity contribution in [1.29, 1.82) is 0 Å². The topological polar surface area (TPSA) is 48.1 Å². The lowest BCUT2D eigenvalue weighted by molar-refractivity contribution is 0.645. The van der Waals surface area contributed by atoms with Crippen molar-refractivity contribution in [2.24, 2.45) is 0 Å². The molecule has 0 amide bonds. The van der Waals surface area contributed by atoms with E-state index in [0.717, 1.165) is 11.4 Å². The van der Waals surface area contributed by atoms with Crippen molar-refractivity contribution in [2.75, 3.05) is 17.2 Å². The average molecular weight is 345 g/mol. The van der Waals surface area contributed by atoms with Crippen molar-refractivity contribution < 1.29 is 0 Å². The first-order chi connectivity index (χ1) is 11.1. The van der Waals surface area contributed by atoms with Crippen LogP contribution >= 0.6 is 24.4 Å². The largest absolute Gasteiger partial charge is 0.360 e. The molecule has 1 atom stereocenters. The number of hydrogen-bond acceptors (Lipinski definition) is 2. The molecule has 2 aromatic carbocycles. The zero-order valence-corrected chi connectivity index (χ0v) is 14.5. The van der Waals surface area contributed by atoms with Crippen LogP contribution in [-0.2, 0) is 0 Å². The van der Waals surface area contributed by atoms with E-state index < -0.39 is 0 Å². The van der Waals surface area contributed by atoms with Crippen LogP contribution in [0.1, 0.15) is 6.92 Å². The molecule has 0 radical (unpaired) electrons. The highest BCUT2D eigenvalue weighted by Gasteiger charge is 2.05. The number of nitrogens with one attached hydrogen (secondary N) is 4. The molecule has 0 fully saturated rings. The van der Waals surface area contributed by atoms with E-state index in [1.54, 1.807) is 0 Å². The fraction of sp³-hybridized carbons (Fsp3) is 0.176. The Kier molecular flexibility index (Phi) is 6.77. The van der Waals surface area contributed by atoms with E-state index in [1.165, 1.54) is 0 Å². The van der Waals surface area contributed by atoms with E-state index in [9.17, 15) is 0 Å². The summed E-state index contributed by atoms with van der Waals surface area (Å²) in [5.41, 5.74) is 1.93. The zero-order valence-electron chi connectivity index (χ0n) is 12.9. The number of hydrogen-bond donors (Lipinski definition) is 4. The van der Waals surface area contributed by atoms with Gasteiger partial charge < -0.3 is 21.3 Å². The summed E-state index contributed by atoms with van der Waals surface area (Å²) >= 11 is 10.6. The number of para-hydroxylation sites is 2. The number of anilines is 2. The molecular formula is C17H20N4S2. The van der Waals surface area contributed by atoms with Gasteiger partial charge in [-0.25, -0.2) is 0 Å². The molecule has 0 aromatic heterocycles. The molecule has 0 saturated heterocycles. The Morgan fingerprint density at radius 3 is 1.83 bits per heavy atom. The minimum Gasteiger partial charge on any atom is -0.360 e. The quantitative estimate of drug-likeness (QED) is 0.624. The molecule has 2 rings (SSSR count). The van der Waals surface area contributed by atoms with Gasteiger partial charge in [0.2, 0.25) is 0 Å². The molecule has 2 aromatic rings. The first kappa shape index (κ1) is 17.2. The van der Waals surface area contributed by atoms with E-state index in [4.69, 9.17) is 24.4 Å². The minimum absolute atomic E-state index is 0.134. The minimum atomic E-state index is 0.134. The lowest BCUT2D eigenvalue weighted by Crippen LogP contribution is -2.44. The lowest BCUT2D eigenvalue weighted by Gasteiger charge is -2.18. The molecule has 4 N–H and O–H groups in total. The Morgan fingerprint density at radius 1 is 0.826 bits per heavy atom. The van der Waals surface area contributed by atoms with Crippen molar-refractivity contribution in [3.05, 3.63) is 60.7 Å². The molecule has 0 aliphatic heterocycles. The molecule has 23 heavy (non-hydrogen) atoms. The Hall–Kier alpha value is -2.18. The van der Waals surface area contributed by atoms with E-state index in [0.29, 0.717) is 16.8 Å². The van der Waals surface area contributed by atoms with Crippen molar-refractivity contribution in [1.82, 2.24) is 10.6 Å². The summed E-state index contributed by atoms with van der Waals surface area (Å²) < 4.78 is 0. The second kappa shape index (κ2) is 9.07. The molecule has 120 valence electrons. The second-order valence-corrected chi connectivity index (χ2v) is 5.88. The average Bonchev–Trinajstić information content (AvgIpc) is 2.55. The third kappa shape index (κ3) is 6.63.